The lowest BCUT2D eigenvalue weighted by Crippen LogP contribution is -2.13. The number of carbonyl (C=O) groups is 1. The van der Waals surface area contributed by atoms with E-state index in [0.29, 0.717) is 11.3 Å². The van der Waals surface area contributed by atoms with Gasteiger partial charge in [-0.25, -0.2) is 0 Å². The summed E-state index contributed by atoms with van der Waals surface area (Å²) in [5.41, 5.74) is 4.39. The summed E-state index contributed by atoms with van der Waals surface area (Å²) in [5.74, 6) is -0.190. The van der Waals surface area contributed by atoms with Gasteiger partial charge in [0.25, 0.3) is 5.91 Å². The molecule has 4 rings (SSSR count). The number of aromatic nitrogens is 2. The molecule has 2 aromatic heterocycles. The Morgan fingerprint density at radius 3 is 2.93 bits per heavy atom. The van der Waals surface area contributed by atoms with Crippen molar-refractivity contribution in [2.24, 2.45) is 0 Å². The molecule has 142 valence electrons. The highest BCUT2D eigenvalue weighted by atomic mass is 16.1. The van der Waals surface area contributed by atoms with Gasteiger partial charge in [0.1, 0.15) is 0 Å². The summed E-state index contributed by atoms with van der Waals surface area (Å²) in [7, 11) is 0. The second kappa shape index (κ2) is 8.65. The van der Waals surface area contributed by atoms with Crippen molar-refractivity contribution >= 4 is 28.2 Å². The van der Waals surface area contributed by atoms with Crippen LogP contribution in [0.5, 0.6) is 0 Å². The third-order valence-corrected chi connectivity index (χ3v) is 5.04. The average molecular weight is 372 g/mol. The van der Waals surface area contributed by atoms with E-state index >= 15 is 0 Å². The minimum atomic E-state index is -0.190. The Morgan fingerprint density at radius 2 is 2.04 bits per heavy atom. The second-order valence-electron chi connectivity index (χ2n) is 7.08. The maximum Gasteiger partial charge on any atom is 0.257 e. The third-order valence-electron chi connectivity index (χ3n) is 5.04. The van der Waals surface area contributed by atoms with Crippen LogP contribution in [-0.4, -0.2) is 22.4 Å². The highest BCUT2D eigenvalue weighted by Gasteiger charge is 2.10. The number of amides is 1. The number of hydrogen-bond acceptors (Lipinski definition) is 4. The van der Waals surface area contributed by atoms with Gasteiger partial charge in [0.15, 0.2) is 0 Å². The Kier molecular flexibility index (Phi) is 5.61. The van der Waals surface area contributed by atoms with Crippen LogP contribution >= 0.6 is 0 Å². The van der Waals surface area contributed by atoms with E-state index in [2.05, 4.69) is 26.7 Å². The number of rotatable bonds is 6. The van der Waals surface area contributed by atoms with Crippen molar-refractivity contribution in [1.29, 1.82) is 0 Å². The number of nitrogens with zero attached hydrogens (tertiary/aromatic N) is 2. The van der Waals surface area contributed by atoms with Gasteiger partial charge in [0.05, 0.1) is 22.5 Å². The number of fused-ring (bicyclic) bond motifs is 1. The fourth-order valence-corrected chi connectivity index (χ4v) is 3.56. The van der Waals surface area contributed by atoms with Crippen molar-refractivity contribution in [3.63, 3.8) is 0 Å². The lowest BCUT2D eigenvalue weighted by atomic mass is 9.97. The number of benzene rings is 1. The topological polar surface area (TPSA) is 66.9 Å². The van der Waals surface area contributed by atoms with Crippen molar-refractivity contribution in [1.82, 2.24) is 9.97 Å². The van der Waals surface area contributed by atoms with Crippen molar-refractivity contribution in [2.75, 3.05) is 17.2 Å². The zero-order chi connectivity index (χ0) is 19.2. The molecule has 1 aliphatic rings. The first-order chi connectivity index (χ1) is 13.8. The van der Waals surface area contributed by atoms with Gasteiger partial charge in [-0.2, -0.15) is 0 Å². The molecule has 0 radical (unpaired) electrons. The molecular formula is C23H24N4O. The number of allylic oxidation sites excluding steroid dienone is 1. The van der Waals surface area contributed by atoms with E-state index in [4.69, 9.17) is 0 Å². The highest BCUT2D eigenvalue weighted by molar-refractivity contribution is 6.08. The van der Waals surface area contributed by atoms with Gasteiger partial charge in [0, 0.05) is 30.5 Å². The zero-order valence-electron chi connectivity index (χ0n) is 15.8. The molecule has 0 atom stereocenters. The number of nitrogens with one attached hydrogen (secondary N) is 2. The molecule has 3 aromatic rings. The Morgan fingerprint density at radius 1 is 1.11 bits per heavy atom. The molecule has 2 heterocycles. The predicted octanol–water partition coefficient (Wildman–Crippen LogP) is 5.18. The van der Waals surface area contributed by atoms with Gasteiger partial charge < -0.3 is 10.6 Å². The van der Waals surface area contributed by atoms with E-state index in [1.165, 1.54) is 31.3 Å². The van der Waals surface area contributed by atoms with E-state index in [1.807, 2.05) is 36.4 Å². The van der Waals surface area contributed by atoms with E-state index in [-0.39, 0.29) is 5.91 Å². The molecule has 0 saturated carbocycles. The largest absolute Gasteiger partial charge is 0.383 e. The fourth-order valence-electron chi connectivity index (χ4n) is 3.56. The van der Waals surface area contributed by atoms with Crippen molar-refractivity contribution in [2.45, 2.75) is 32.1 Å². The molecule has 0 spiro atoms. The van der Waals surface area contributed by atoms with Gasteiger partial charge in [-0.1, -0.05) is 29.8 Å². The molecule has 1 amide bonds. The summed E-state index contributed by atoms with van der Waals surface area (Å²) in [6.07, 6.45) is 13.5. The zero-order valence-corrected chi connectivity index (χ0v) is 15.8. The number of hydrogen-bond donors (Lipinski definition) is 2. The number of carbonyl (C=O) groups excluding carboxylic acids is 1. The molecule has 0 fully saturated rings. The first-order valence-corrected chi connectivity index (χ1v) is 9.81. The van der Waals surface area contributed by atoms with Crippen molar-refractivity contribution in [3.05, 3.63) is 72.2 Å². The van der Waals surface area contributed by atoms with E-state index in [0.717, 1.165) is 29.6 Å². The molecule has 28 heavy (non-hydrogen) atoms. The minimum absolute atomic E-state index is 0.190. The third kappa shape index (κ3) is 4.36. The van der Waals surface area contributed by atoms with Gasteiger partial charge >= 0.3 is 0 Å². The smallest absolute Gasteiger partial charge is 0.257 e. The van der Waals surface area contributed by atoms with Crippen LogP contribution in [-0.2, 0) is 0 Å². The van der Waals surface area contributed by atoms with Crippen LogP contribution in [0.25, 0.3) is 10.9 Å². The Bertz CT molecular complexity index is 1010. The number of anilines is 2. The standard InChI is InChI=1S/C23H24N4O/c28-23(27-21-10-4-8-18-9-5-12-26-22(18)21)19-14-20(16-24-15-19)25-13-11-17-6-2-1-3-7-17/h4-6,8-10,12,14-16,25H,1-3,7,11,13H2,(H,27,28). The highest BCUT2D eigenvalue weighted by Crippen LogP contribution is 2.22. The van der Waals surface area contributed by atoms with Gasteiger partial charge in [-0.05, 0) is 50.3 Å². The lowest BCUT2D eigenvalue weighted by molar-refractivity contribution is 0.102. The molecule has 1 aromatic carbocycles. The molecule has 2 N–H and O–H groups in total. The summed E-state index contributed by atoms with van der Waals surface area (Å²) in [4.78, 5) is 21.3. The summed E-state index contributed by atoms with van der Waals surface area (Å²) < 4.78 is 0. The Hall–Kier alpha value is -3.21. The van der Waals surface area contributed by atoms with Crippen LogP contribution in [0.1, 0.15) is 42.5 Å². The quantitative estimate of drug-likeness (QED) is 0.585. The molecular weight excluding hydrogens is 348 g/mol. The van der Waals surface area contributed by atoms with Crippen molar-refractivity contribution in [3.8, 4) is 0 Å². The van der Waals surface area contributed by atoms with Crippen LogP contribution in [0.4, 0.5) is 11.4 Å². The lowest BCUT2D eigenvalue weighted by Gasteiger charge is -2.13. The summed E-state index contributed by atoms with van der Waals surface area (Å²) in [6.45, 7) is 0.853. The van der Waals surface area contributed by atoms with E-state index in [1.54, 1.807) is 18.6 Å². The molecule has 5 nitrogen and oxygen atoms in total. The maximum atomic E-state index is 12.7. The van der Waals surface area contributed by atoms with Crippen LogP contribution in [0.2, 0.25) is 0 Å². The normalized spacial score (nSPS) is 13.8. The van der Waals surface area contributed by atoms with Gasteiger partial charge in [-0.3, -0.25) is 14.8 Å². The monoisotopic (exact) mass is 372 g/mol. The molecule has 0 saturated heterocycles. The van der Waals surface area contributed by atoms with Crippen LogP contribution in [0, 0.1) is 0 Å². The van der Waals surface area contributed by atoms with Crippen LogP contribution in [0.15, 0.2) is 66.6 Å². The summed E-state index contributed by atoms with van der Waals surface area (Å²) in [6, 6.07) is 11.5. The van der Waals surface area contributed by atoms with E-state index < -0.39 is 0 Å². The predicted molar refractivity (Wildman–Crippen MR) is 114 cm³/mol. The SMILES string of the molecule is O=C(Nc1cccc2cccnc12)c1cncc(NCCC2=CCCCC2)c1. The van der Waals surface area contributed by atoms with Gasteiger partial charge in [-0.15, -0.1) is 0 Å². The van der Waals surface area contributed by atoms with Crippen LogP contribution < -0.4 is 10.6 Å². The minimum Gasteiger partial charge on any atom is -0.383 e. The molecule has 0 aliphatic heterocycles. The first-order valence-electron chi connectivity index (χ1n) is 9.81. The number of para-hydroxylation sites is 1. The van der Waals surface area contributed by atoms with Gasteiger partial charge in [0.2, 0.25) is 0 Å². The van der Waals surface area contributed by atoms with E-state index in [9.17, 15) is 4.79 Å². The molecule has 5 heteroatoms. The first kappa shape index (κ1) is 18.2. The number of pyridine rings is 2. The van der Waals surface area contributed by atoms with Crippen LogP contribution in [0.3, 0.4) is 0 Å². The fraction of sp³-hybridized carbons (Fsp3) is 0.261. The Balaban J connectivity index is 1.41. The molecule has 0 bridgehead atoms. The second-order valence-corrected chi connectivity index (χ2v) is 7.08. The average Bonchev–Trinajstić information content (AvgIpc) is 2.75. The molecule has 1 aliphatic carbocycles. The molecule has 0 unspecified atom stereocenters. The Labute approximate surface area is 164 Å². The maximum absolute atomic E-state index is 12.7. The summed E-state index contributed by atoms with van der Waals surface area (Å²) >= 11 is 0. The van der Waals surface area contributed by atoms with Crippen molar-refractivity contribution < 1.29 is 4.79 Å². The summed E-state index contributed by atoms with van der Waals surface area (Å²) in [5, 5.41) is 7.33.